The molecule has 0 atom stereocenters. The van der Waals surface area contributed by atoms with Crippen molar-refractivity contribution in [2.75, 3.05) is 5.32 Å². The maximum absolute atomic E-state index is 13.8. The first-order chi connectivity index (χ1) is 10.0. The van der Waals surface area contributed by atoms with Crippen LogP contribution in [0.5, 0.6) is 0 Å². The molecule has 1 nitrogen and oxygen atoms in total. The van der Waals surface area contributed by atoms with Crippen molar-refractivity contribution in [3.63, 3.8) is 0 Å². The Morgan fingerprint density at radius 3 is 2.33 bits per heavy atom. The fourth-order valence-electron chi connectivity index (χ4n) is 2.92. The molecule has 0 unspecified atom stereocenters. The minimum absolute atomic E-state index is 0.0218. The van der Waals surface area contributed by atoms with Crippen molar-refractivity contribution < 1.29 is 8.78 Å². The molecular weight excluding hydrogens is 336 g/mol. The Kier molecular flexibility index (Phi) is 3.98. The van der Waals surface area contributed by atoms with Gasteiger partial charge in [0.05, 0.1) is 0 Å². The number of hydrogen-bond donors (Lipinski definition) is 1. The molecule has 1 N–H and O–H groups in total. The number of aryl methyl sites for hydroxylation is 1. The van der Waals surface area contributed by atoms with Crippen LogP contribution in [0, 0.1) is 18.6 Å². The van der Waals surface area contributed by atoms with E-state index in [1.165, 1.54) is 23.3 Å². The molecule has 1 fully saturated rings. The normalized spacial score (nSPS) is 21.0. The first kappa shape index (κ1) is 14.5. The number of benzene rings is 2. The third-order valence-corrected chi connectivity index (χ3v) is 4.58. The van der Waals surface area contributed by atoms with Crippen LogP contribution in [-0.4, -0.2) is 6.04 Å². The third kappa shape index (κ3) is 2.95. The Labute approximate surface area is 131 Å². The summed E-state index contributed by atoms with van der Waals surface area (Å²) in [4.78, 5) is 0. The van der Waals surface area contributed by atoms with E-state index in [2.05, 4.69) is 40.3 Å². The van der Waals surface area contributed by atoms with Crippen molar-refractivity contribution in [3.05, 3.63) is 63.6 Å². The predicted octanol–water partition coefficient (Wildman–Crippen LogP) is 5.39. The number of halogens is 3. The Bertz CT molecular complexity index is 643. The minimum Gasteiger partial charge on any atom is -0.378 e. The Morgan fingerprint density at radius 2 is 1.71 bits per heavy atom. The maximum atomic E-state index is 13.8. The van der Waals surface area contributed by atoms with Gasteiger partial charge in [0.2, 0.25) is 0 Å². The molecule has 1 aliphatic rings. The average Bonchev–Trinajstić information content (AvgIpc) is 2.37. The van der Waals surface area contributed by atoms with Gasteiger partial charge in [0.1, 0.15) is 17.3 Å². The van der Waals surface area contributed by atoms with Gasteiger partial charge in [-0.3, -0.25) is 0 Å². The molecule has 0 heterocycles. The zero-order valence-corrected chi connectivity index (χ0v) is 13.3. The quantitative estimate of drug-likeness (QED) is 0.781. The van der Waals surface area contributed by atoms with Crippen molar-refractivity contribution in [2.24, 2.45) is 0 Å². The first-order valence-electron chi connectivity index (χ1n) is 7.01. The van der Waals surface area contributed by atoms with Crippen LogP contribution >= 0.6 is 15.9 Å². The van der Waals surface area contributed by atoms with Gasteiger partial charge in [0, 0.05) is 10.5 Å². The Balaban J connectivity index is 1.67. The van der Waals surface area contributed by atoms with Gasteiger partial charge < -0.3 is 5.32 Å². The van der Waals surface area contributed by atoms with Gasteiger partial charge in [0.15, 0.2) is 0 Å². The molecule has 1 aliphatic carbocycles. The SMILES string of the molecule is Cc1ccccc1C1CC(Nc2c(F)cc(Br)cc2F)C1. The summed E-state index contributed by atoms with van der Waals surface area (Å²) in [5.74, 6) is -0.632. The van der Waals surface area contributed by atoms with Gasteiger partial charge in [-0.05, 0) is 48.9 Å². The molecule has 0 bridgehead atoms. The molecule has 0 saturated heterocycles. The predicted molar refractivity (Wildman–Crippen MR) is 84.6 cm³/mol. The second kappa shape index (κ2) is 5.76. The van der Waals surface area contributed by atoms with E-state index in [1.807, 2.05) is 12.1 Å². The lowest BCUT2D eigenvalue weighted by Gasteiger charge is -2.37. The number of nitrogens with one attached hydrogen (secondary N) is 1. The van der Waals surface area contributed by atoms with Crippen LogP contribution in [0.2, 0.25) is 0 Å². The molecular formula is C17H16BrF2N. The zero-order chi connectivity index (χ0) is 15.0. The number of hydrogen-bond acceptors (Lipinski definition) is 1. The summed E-state index contributed by atoms with van der Waals surface area (Å²) < 4.78 is 28.0. The Hall–Kier alpha value is -1.42. The highest BCUT2D eigenvalue weighted by molar-refractivity contribution is 9.10. The summed E-state index contributed by atoms with van der Waals surface area (Å²) >= 11 is 3.08. The number of rotatable bonds is 3. The van der Waals surface area contributed by atoms with Crippen LogP contribution in [0.3, 0.4) is 0 Å². The molecule has 0 aliphatic heterocycles. The lowest BCUT2D eigenvalue weighted by Crippen LogP contribution is -2.35. The molecule has 2 aromatic carbocycles. The van der Waals surface area contributed by atoms with Crippen molar-refractivity contribution >= 4 is 21.6 Å². The molecule has 0 radical (unpaired) electrons. The lowest BCUT2D eigenvalue weighted by molar-refractivity contribution is 0.370. The molecule has 4 heteroatoms. The highest BCUT2D eigenvalue weighted by Gasteiger charge is 2.32. The summed E-state index contributed by atoms with van der Waals surface area (Å²) in [6.45, 7) is 2.10. The second-order valence-corrected chi connectivity index (χ2v) is 6.53. The molecule has 3 rings (SSSR count). The van der Waals surface area contributed by atoms with Crippen LogP contribution in [0.25, 0.3) is 0 Å². The van der Waals surface area contributed by atoms with Gasteiger partial charge in [-0.25, -0.2) is 8.78 Å². The fourth-order valence-corrected chi connectivity index (χ4v) is 3.32. The van der Waals surface area contributed by atoms with Crippen molar-refractivity contribution in [2.45, 2.75) is 31.7 Å². The molecule has 1 saturated carbocycles. The average molecular weight is 352 g/mol. The molecule has 0 amide bonds. The van der Waals surface area contributed by atoms with Crippen molar-refractivity contribution in [1.29, 1.82) is 0 Å². The van der Waals surface area contributed by atoms with E-state index in [4.69, 9.17) is 0 Å². The minimum atomic E-state index is -0.554. The highest BCUT2D eigenvalue weighted by Crippen LogP contribution is 2.40. The van der Waals surface area contributed by atoms with E-state index >= 15 is 0 Å². The van der Waals surface area contributed by atoms with Crippen molar-refractivity contribution in [3.8, 4) is 0 Å². The van der Waals surface area contributed by atoms with E-state index in [1.54, 1.807) is 0 Å². The molecule has 0 aromatic heterocycles. The van der Waals surface area contributed by atoms with Gasteiger partial charge in [-0.15, -0.1) is 0 Å². The smallest absolute Gasteiger partial charge is 0.150 e. The van der Waals surface area contributed by atoms with Crippen LogP contribution in [0.1, 0.15) is 29.9 Å². The van der Waals surface area contributed by atoms with E-state index < -0.39 is 11.6 Å². The topological polar surface area (TPSA) is 12.0 Å². The van der Waals surface area contributed by atoms with E-state index in [9.17, 15) is 8.78 Å². The van der Waals surface area contributed by atoms with Gasteiger partial charge in [-0.1, -0.05) is 40.2 Å². The molecule has 0 spiro atoms. The largest absolute Gasteiger partial charge is 0.378 e. The summed E-state index contributed by atoms with van der Waals surface area (Å²) in [7, 11) is 0. The van der Waals surface area contributed by atoms with Gasteiger partial charge in [0.25, 0.3) is 0 Å². The second-order valence-electron chi connectivity index (χ2n) is 5.61. The third-order valence-electron chi connectivity index (χ3n) is 4.12. The van der Waals surface area contributed by atoms with E-state index in [0.29, 0.717) is 10.4 Å². The van der Waals surface area contributed by atoms with E-state index in [0.717, 1.165) is 12.8 Å². The van der Waals surface area contributed by atoms with Crippen LogP contribution in [0.4, 0.5) is 14.5 Å². The summed E-state index contributed by atoms with van der Waals surface area (Å²) in [6, 6.07) is 11.0. The van der Waals surface area contributed by atoms with Crippen LogP contribution in [0.15, 0.2) is 40.9 Å². The van der Waals surface area contributed by atoms with E-state index in [-0.39, 0.29) is 11.7 Å². The fraction of sp³-hybridized carbons (Fsp3) is 0.294. The molecule has 110 valence electrons. The van der Waals surface area contributed by atoms with Gasteiger partial charge in [-0.2, -0.15) is 0 Å². The monoisotopic (exact) mass is 351 g/mol. The maximum Gasteiger partial charge on any atom is 0.150 e. The summed E-state index contributed by atoms with van der Waals surface area (Å²) in [5, 5.41) is 2.99. The summed E-state index contributed by atoms with van der Waals surface area (Å²) in [6.07, 6.45) is 1.81. The standard InChI is InChI=1S/C17H16BrF2N/c1-10-4-2-3-5-14(10)11-6-13(7-11)21-17-15(19)8-12(18)9-16(17)20/h2-5,8-9,11,13,21H,6-7H2,1H3. The van der Waals surface area contributed by atoms with Crippen LogP contribution < -0.4 is 5.32 Å². The summed E-state index contributed by atoms with van der Waals surface area (Å²) in [5.41, 5.74) is 2.60. The number of anilines is 1. The van der Waals surface area contributed by atoms with Crippen LogP contribution in [-0.2, 0) is 0 Å². The molecule has 2 aromatic rings. The lowest BCUT2D eigenvalue weighted by atomic mass is 9.74. The zero-order valence-electron chi connectivity index (χ0n) is 11.7. The molecule has 21 heavy (non-hydrogen) atoms. The first-order valence-corrected chi connectivity index (χ1v) is 7.80. The highest BCUT2D eigenvalue weighted by atomic mass is 79.9. The van der Waals surface area contributed by atoms with Crippen molar-refractivity contribution in [1.82, 2.24) is 0 Å². The van der Waals surface area contributed by atoms with Gasteiger partial charge >= 0.3 is 0 Å². The Morgan fingerprint density at radius 1 is 1.10 bits per heavy atom.